The molecule has 0 aromatic carbocycles. The van der Waals surface area contributed by atoms with Crippen molar-refractivity contribution in [2.45, 2.75) is 56.8 Å². The van der Waals surface area contributed by atoms with Crippen LogP contribution < -0.4 is 5.73 Å². The third kappa shape index (κ3) is 4.02. The first kappa shape index (κ1) is 15.9. The Hall–Kier alpha value is -1.46. The number of aromatic nitrogens is 3. The monoisotopic (exact) mass is 302 g/mol. The quantitative estimate of drug-likeness (QED) is 0.859. The minimum absolute atomic E-state index is 0.163. The van der Waals surface area contributed by atoms with Gasteiger partial charge in [-0.3, -0.25) is 0 Å². The molecule has 0 aliphatic heterocycles. The van der Waals surface area contributed by atoms with Gasteiger partial charge in [-0.05, 0) is 62.6 Å². The highest BCUT2D eigenvalue weighted by Crippen LogP contribution is 2.27. The predicted molar refractivity (Wildman–Crippen MR) is 86.6 cm³/mol. The highest BCUT2D eigenvalue weighted by Gasteiger charge is 2.12. The molecule has 112 valence electrons. The molecular formula is C16H22N4S. The highest BCUT2D eigenvalue weighted by atomic mass is 32.2. The van der Waals surface area contributed by atoms with Gasteiger partial charge in [0.15, 0.2) is 5.16 Å². The summed E-state index contributed by atoms with van der Waals surface area (Å²) in [6, 6.07) is 4.20. The first-order valence-corrected chi connectivity index (χ1v) is 8.02. The lowest BCUT2D eigenvalue weighted by molar-refractivity contribution is 0.637. The van der Waals surface area contributed by atoms with Crippen LogP contribution in [-0.4, -0.2) is 21.0 Å². The largest absolute Gasteiger partial charge is 0.327 e. The van der Waals surface area contributed by atoms with Gasteiger partial charge in [0, 0.05) is 23.6 Å². The van der Waals surface area contributed by atoms with E-state index >= 15 is 0 Å². The highest BCUT2D eigenvalue weighted by molar-refractivity contribution is 7.99. The van der Waals surface area contributed by atoms with Gasteiger partial charge in [-0.1, -0.05) is 13.0 Å². The van der Waals surface area contributed by atoms with Crippen molar-refractivity contribution < 1.29 is 0 Å². The molecular weight excluding hydrogens is 280 g/mol. The van der Waals surface area contributed by atoms with Crippen molar-refractivity contribution in [1.82, 2.24) is 15.0 Å². The van der Waals surface area contributed by atoms with Crippen molar-refractivity contribution in [3.05, 3.63) is 40.8 Å². The molecule has 5 heteroatoms. The zero-order valence-electron chi connectivity index (χ0n) is 13.1. The van der Waals surface area contributed by atoms with Crippen molar-refractivity contribution in [2.75, 3.05) is 0 Å². The maximum atomic E-state index is 6.07. The summed E-state index contributed by atoms with van der Waals surface area (Å²) in [6.45, 7) is 8.18. The lowest BCUT2D eigenvalue weighted by Crippen LogP contribution is -2.21. The number of nitrogens with zero attached hydrogens (tertiary/aromatic N) is 3. The van der Waals surface area contributed by atoms with Crippen LogP contribution in [0.2, 0.25) is 0 Å². The third-order valence-electron chi connectivity index (χ3n) is 3.66. The zero-order chi connectivity index (χ0) is 15.4. The minimum atomic E-state index is 0.163. The Morgan fingerprint density at radius 1 is 1.19 bits per heavy atom. The molecule has 1 atom stereocenters. The molecule has 0 aliphatic carbocycles. The maximum absolute atomic E-state index is 6.07. The molecule has 0 bridgehead atoms. The van der Waals surface area contributed by atoms with Crippen LogP contribution in [0, 0.1) is 20.8 Å². The number of aryl methyl sites for hydroxylation is 2. The SMILES string of the molecule is CCC(N)Cc1cccnc1Sc1nc(C)c(C)c(C)n1. The zero-order valence-corrected chi connectivity index (χ0v) is 13.9. The Kier molecular flexibility index (Phi) is 5.31. The number of hydrogen-bond donors (Lipinski definition) is 1. The second-order valence-corrected chi connectivity index (χ2v) is 6.20. The fourth-order valence-electron chi connectivity index (χ4n) is 1.97. The summed E-state index contributed by atoms with van der Waals surface area (Å²) in [4.78, 5) is 13.6. The van der Waals surface area contributed by atoms with E-state index < -0.39 is 0 Å². The van der Waals surface area contributed by atoms with E-state index in [-0.39, 0.29) is 6.04 Å². The van der Waals surface area contributed by atoms with Crippen LogP contribution >= 0.6 is 11.8 Å². The van der Waals surface area contributed by atoms with Crippen molar-refractivity contribution in [3.63, 3.8) is 0 Å². The Balaban J connectivity index is 2.27. The van der Waals surface area contributed by atoms with Gasteiger partial charge in [-0.25, -0.2) is 15.0 Å². The molecule has 0 spiro atoms. The number of nitrogens with two attached hydrogens (primary N) is 1. The summed E-state index contributed by atoms with van der Waals surface area (Å²) in [5, 5.41) is 1.70. The van der Waals surface area contributed by atoms with Crippen LogP contribution in [0.5, 0.6) is 0 Å². The van der Waals surface area contributed by atoms with Gasteiger partial charge in [0.2, 0.25) is 0 Å². The van der Waals surface area contributed by atoms with Gasteiger partial charge >= 0.3 is 0 Å². The van der Waals surface area contributed by atoms with E-state index in [1.54, 1.807) is 6.20 Å². The Bertz CT molecular complexity index is 604. The van der Waals surface area contributed by atoms with E-state index in [2.05, 4.69) is 27.9 Å². The van der Waals surface area contributed by atoms with Gasteiger partial charge in [-0.2, -0.15) is 0 Å². The normalized spacial score (nSPS) is 12.4. The Morgan fingerprint density at radius 2 is 1.86 bits per heavy atom. The van der Waals surface area contributed by atoms with Crippen LogP contribution in [0.1, 0.15) is 35.9 Å². The molecule has 2 aromatic heterocycles. The summed E-state index contributed by atoms with van der Waals surface area (Å²) in [5.41, 5.74) is 10.4. The molecule has 1 unspecified atom stereocenters. The fourth-order valence-corrected chi connectivity index (χ4v) is 2.91. The van der Waals surface area contributed by atoms with Crippen LogP contribution in [0.15, 0.2) is 28.5 Å². The van der Waals surface area contributed by atoms with Gasteiger partial charge in [0.1, 0.15) is 5.03 Å². The molecule has 2 heterocycles. The molecule has 0 saturated heterocycles. The summed E-state index contributed by atoms with van der Waals surface area (Å²) in [6.07, 6.45) is 3.59. The number of hydrogen-bond acceptors (Lipinski definition) is 5. The van der Waals surface area contributed by atoms with Crippen molar-refractivity contribution in [3.8, 4) is 0 Å². The number of pyridine rings is 1. The van der Waals surface area contributed by atoms with E-state index in [9.17, 15) is 0 Å². The molecule has 21 heavy (non-hydrogen) atoms. The second-order valence-electron chi connectivity index (χ2n) is 5.24. The fraction of sp³-hybridized carbons (Fsp3) is 0.438. The molecule has 0 aliphatic rings. The molecule has 0 radical (unpaired) electrons. The first-order valence-electron chi connectivity index (χ1n) is 7.20. The smallest absolute Gasteiger partial charge is 0.194 e. The molecule has 0 fully saturated rings. The lowest BCUT2D eigenvalue weighted by Gasteiger charge is -2.12. The molecule has 0 saturated carbocycles. The summed E-state index contributed by atoms with van der Waals surface area (Å²) in [5.74, 6) is 0. The third-order valence-corrected chi connectivity index (χ3v) is 4.58. The standard InChI is InChI=1S/C16H22N4S/c1-5-14(17)9-13-7-6-8-18-15(13)21-16-19-11(3)10(2)12(4)20-16/h6-8,14H,5,9,17H2,1-4H3. The van der Waals surface area contributed by atoms with Gasteiger partial charge in [0.05, 0.1) is 0 Å². The van der Waals surface area contributed by atoms with Gasteiger partial charge in [-0.15, -0.1) is 0 Å². The molecule has 2 N–H and O–H groups in total. The van der Waals surface area contributed by atoms with Gasteiger partial charge in [0.25, 0.3) is 0 Å². The Labute approximate surface area is 130 Å². The molecule has 4 nitrogen and oxygen atoms in total. The average Bonchev–Trinajstić information content (AvgIpc) is 2.46. The van der Waals surface area contributed by atoms with Crippen LogP contribution in [0.4, 0.5) is 0 Å². The average molecular weight is 302 g/mol. The lowest BCUT2D eigenvalue weighted by atomic mass is 10.1. The summed E-state index contributed by atoms with van der Waals surface area (Å²) >= 11 is 1.51. The molecule has 2 rings (SSSR count). The van der Waals surface area contributed by atoms with Gasteiger partial charge < -0.3 is 5.73 Å². The first-order chi connectivity index (χ1) is 10.0. The van der Waals surface area contributed by atoms with Crippen LogP contribution in [0.3, 0.4) is 0 Å². The van der Waals surface area contributed by atoms with Crippen molar-refractivity contribution in [2.24, 2.45) is 5.73 Å². The minimum Gasteiger partial charge on any atom is -0.327 e. The van der Waals surface area contributed by atoms with E-state index in [1.807, 2.05) is 26.8 Å². The summed E-state index contributed by atoms with van der Waals surface area (Å²) in [7, 11) is 0. The maximum Gasteiger partial charge on any atom is 0.194 e. The van der Waals surface area contributed by atoms with Crippen molar-refractivity contribution in [1.29, 1.82) is 0 Å². The summed E-state index contributed by atoms with van der Waals surface area (Å²) < 4.78 is 0. The van der Waals surface area contributed by atoms with E-state index in [0.717, 1.165) is 45.5 Å². The van der Waals surface area contributed by atoms with Crippen LogP contribution in [-0.2, 0) is 6.42 Å². The van der Waals surface area contributed by atoms with E-state index in [0.29, 0.717) is 0 Å². The molecule has 2 aromatic rings. The number of rotatable bonds is 5. The van der Waals surface area contributed by atoms with Crippen LogP contribution in [0.25, 0.3) is 0 Å². The topological polar surface area (TPSA) is 64.7 Å². The predicted octanol–water partition coefficient (Wildman–Crippen LogP) is 3.23. The van der Waals surface area contributed by atoms with Crippen molar-refractivity contribution >= 4 is 11.8 Å². The second kappa shape index (κ2) is 7.00. The molecule has 0 amide bonds. The van der Waals surface area contributed by atoms with E-state index in [4.69, 9.17) is 5.73 Å². The Morgan fingerprint density at radius 3 is 2.48 bits per heavy atom. The van der Waals surface area contributed by atoms with E-state index in [1.165, 1.54) is 11.8 Å².